The lowest BCUT2D eigenvalue weighted by Gasteiger charge is -2.35. The lowest BCUT2D eigenvalue weighted by Crippen LogP contribution is -2.53. The van der Waals surface area contributed by atoms with Gasteiger partial charge in [-0.2, -0.15) is 0 Å². The molecular weight excluding hydrogens is 375 g/mol. The van der Waals surface area contributed by atoms with E-state index in [-0.39, 0.29) is 35.6 Å². The number of primary amides is 1. The minimum atomic E-state index is -0.511. The van der Waals surface area contributed by atoms with E-state index in [4.69, 9.17) is 5.73 Å². The van der Waals surface area contributed by atoms with Gasteiger partial charge in [-0.25, -0.2) is 4.39 Å². The number of hydrogen-bond donors (Lipinski definition) is 1. The van der Waals surface area contributed by atoms with Crippen LogP contribution in [0.3, 0.4) is 0 Å². The third kappa shape index (κ3) is 3.73. The second-order valence-electron chi connectivity index (χ2n) is 8.45. The van der Waals surface area contributed by atoms with Gasteiger partial charge in [-0.15, -0.1) is 0 Å². The van der Waals surface area contributed by atoms with Crippen molar-refractivity contribution in [1.82, 2.24) is 14.7 Å². The minimum absolute atomic E-state index is 0.0429. The molecule has 1 aromatic rings. The Labute approximate surface area is 169 Å². The summed E-state index contributed by atoms with van der Waals surface area (Å²) in [5, 5.41) is 0. The van der Waals surface area contributed by atoms with Crippen LogP contribution in [0.1, 0.15) is 31.7 Å². The van der Waals surface area contributed by atoms with Crippen molar-refractivity contribution in [2.45, 2.75) is 50.9 Å². The van der Waals surface area contributed by atoms with Crippen LogP contribution < -0.4 is 5.73 Å². The Morgan fingerprint density at radius 2 is 2.14 bits per heavy atom. The first-order valence-electron chi connectivity index (χ1n) is 10.2. The second kappa shape index (κ2) is 7.74. The first-order chi connectivity index (χ1) is 13.8. The van der Waals surface area contributed by atoms with Crippen LogP contribution in [0.15, 0.2) is 24.3 Å². The lowest BCUT2D eigenvalue weighted by atomic mass is 10.1. The highest BCUT2D eigenvalue weighted by atomic mass is 19.1. The predicted octanol–water partition coefficient (Wildman–Crippen LogP) is 0.723. The Balaban J connectivity index is 1.36. The molecule has 0 radical (unpaired) electrons. The maximum Gasteiger partial charge on any atom is 0.240 e. The van der Waals surface area contributed by atoms with E-state index in [0.717, 1.165) is 18.4 Å². The van der Waals surface area contributed by atoms with E-state index in [2.05, 4.69) is 4.90 Å². The van der Waals surface area contributed by atoms with Gasteiger partial charge in [0.2, 0.25) is 17.7 Å². The van der Waals surface area contributed by atoms with Crippen molar-refractivity contribution in [2.75, 3.05) is 19.6 Å². The van der Waals surface area contributed by atoms with Gasteiger partial charge in [-0.05, 0) is 37.0 Å². The van der Waals surface area contributed by atoms with E-state index in [0.29, 0.717) is 32.6 Å². The van der Waals surface area contributed by atoms with Crippen LogP contribution in [0.4, 0.5) is 4.39 Å². The topological polar surface area (TPSA) is 87.0 Å². The Morgan fingerprint density at radius 1 is 1.34 bits per heavy atom. The summed E-state index contributed by atoms with van der Waals surface area (Å²) in [5.74, 6) is -1.09. The Bertz CT molecular complexity index is 832. The van der Waals surface area contributed by atoms with Crippen molar-refractivity contribution in [3.05, 3.63) is 35.6 Å². The highest BCUT2D eigenvalue weighted by molar-refractivity contribution is 5.88. The van der Waals surface area contributed by atoms with Crippen molar-refractivity contribution in [2.24, 2.45) is 11.7 Å². The molecule has 0 aliphatic carbocycles. The highest BCUT2D eigenvalue weighted by Crippen LogP contribution is 2.34. The van der Waals surface area contributed by atoms with E-state index >= 15 is 0 Å². The number of fused-ring (bicyclic) bond motifs is 2. The van der Waals surface area contributed by atoms with E-state index in [1.54, 1.807) is 11.0 Å². The number of carbonyl (C=O) groups excluding carboxylic acids is 3. The zero-order valence-corrected chi connectivity index (χ0v) is 16.6. The maximum absolute atomic E-state index is 13.4. The van der Waals surface area contributed by atoms with Crippen LogP contribution in [0.5, 0.6) is 0 Å². The average Bonchev–Trinajstić information content (AvgIpc) is 3.38. The van der Waals surface area contributed by atoms with Crippen molar-refractivity contribution in [3.8, 4) is 0 Å². The summed E-state index contributed by atoms with van der Waals surface area (Å²) >= 11 is 0. The summed E-state index contributed by atoms with van der Waals surface area (Å²) in [5.41, 5.74) is 6.21. The molecule has 3 aliphatic rings. The van der Waals surface area contributed by atoms with Gasteiger partial charge in [0.05, 0.1) is 6.04 Å². The van der Waals surface area contributed by atoms with Gasteiger partial charge in [0, 0.05) is 38.1 Å². The summed E-state index contributed by atoms with van der Waals surface area (Å²) in [6.07, 6.45) is 2.15. The first kappa shape index (κ1) is 19.8. The number of piperazine rings is 1. The fourth-order valence-electron chi connectivity index (χ4n) is 5.01. The minimum Gasteiger partial charge on any atom is -0.368 e. The molecule has 4 atom stereocenters. The zero-order valence-electron chi connectivity index (χ0n) is 16.6. The molecule has 7 nitrogen and oxygen atoms in total. The molecule has 2 bridgehead atoms. The van der Waals surface area contributed by atoms with Gasteiger partial charge in [0.15, 0.2) is 0 Å². The fourth-order valence-corrected chi connectivity index (χ4v) is 5.01. The number of rotatable bonds is 6. The predicted molar refractivity (Wildman–Crippen MR) is 104 cm³/mol. The van der Waals surface area contributed by atoms with E-state index in [9.17, 15) is 18.8 Å². The molecule has 4 rings (SSSR count). The zero-order chi connectivity index (χ0) is 20.7. The molecule has 3 aliphatic heterocycles. The molecule has 3 saturated heterocycles. The molecule has 0 spiro atoms. The highest BCUT2D eigenvalue weighted by Gasteiger charge is 2.50. The molecule has 0 saturated carbocycles. The molecule has 3 fully saturated rings. The van der Waals surface area contributed by atoms with Gasteiger partial charge in [0.1, 0.15) is 11.9 Å². The number of nitrogens with two attached hydrogens (primary N) is 1. The van der Waals surface area contributed by atoms with Crippen LogP contribution in [0.25, 0.3) is 0 Å². The maximum atomic E-state index is 13.4. The quantitative estimate of drug-likeness (QED) is 0.760. The van der Waals surface area contributed by atoms with Crippen LogP contribution in [0.2, 0.25) is 0 Å². The lowest BCUT2D eigenvalue weighted by molar-refractivity contribution is -0.143. The molecule has 156 valence electrons. The number of halogens is 1. The summed E-state index contributed by atoms with van der Waals surface area (Å²) in [7, 11) is 0. The molecule has 3 heterocycles. The van der Waals surface area contributed by atoms with E-state index in [1.165, 1.54) is 12.1 Å². The van der Waals surface area contributed by atoms with Crippen molar-refractivity contribution >= 4 is 17.7 Å². The fraction of sp³-hybridized carbons (Fsp3) is 0.571. The number of benzene rings is 1. The summed E-state index contributed by atoms with van der Waals surface area (Å²) in [4.78, 5) is 42.8. The monoisotopic (exact) mass is 402 g/mol. The van der Waals surface area contributed by atoms with Gasteiger partial charge >= 0.3 is 0 Å². The standard InChI is InChI=1S/C21H27FN4O3/c1-13(20(28)25-7-3-6-17(25)19(23)27)10-24-12-16-9-18(24)21(29)26(16)11-14-4-2-5-15(22)8-14/h2,4-5,8,13,16-18H,3,6-7,9-12H2,1H3,(H2,23,27)/t13?,16-,17-,18-/m0/s1. The number of amides is 3. The Hall–Kier alpha value is -2.48. The molecule has 2 N–H and O–H groups in total. The largest absolute Gasteiger partial charge is 0.368 e. The summed E-state index contributed by atoms with van der Waals surface area (Å²) in [6, 6.07) is 5.68. The number of likely N-dealkylation sites (tertiary alicyclic amines) is 3. The molecule has 0 aromatic heterocycles. The first-order valence-corrected chi connectivity index (χ1v) is 10.2. The summed E-state index contributed by atoms with van der Waals surface area (Å²) in [6.45, 7) is 4.02. The van der Waals surface area contributed by atoms with Gasteiger partial charge < -0.3 is 15.5 Å². The summed E-state index contributed by atoms with van der Waals surface area (Å²) < 4.78 is 13.4. The Kier molecular flexibility index (Phi) is 5.29. The van der Waals surface area contributed by atoms with Gasteiger partial charge in [-0.1, -0.05) is 19.1 Å². The van der Waals surface area contributed by atoms with Crippen molar-refractivity contribution in [1.29, 1.82) is 0 Å². The normalized spacial score (nSPS) is 27.7. The molecule has 1 aromatic carbocycles. The third-order valence-corrected chi connectivity index (χ3v) is 6.43. The molecule has 29 heavy (non-hydrogen) atoms. The smallest absolute Gasteiger partial charge is 0.240 e. The SMILES string of the molecule is CC(CN1C[C@@H]2C[C@H]1C(=O)N2Cc1cccc(F)c1)C(=O)N1CCC[C@H]1C(N)=O. The van der Waals surface area contributed by atoms with Crippen LogP contribution in [-0.2, 0) is 20.9 Å². The van der Waals surface area contributed by atoms with E-state index in [1.807, 2.05) is 17.9 Å². The van der Waals surface area contributed by atoms with Gasteiger partial charge in [0.25, 0.3) is 0 Å². The van der Waals surface area contributed by atoms with Gasteiger partial charge in [-0.3, -0.25) is 19.3 Å². The van der Waals surface area contributed by atoms with Crippen LogP contribution in [0, 0.1) is 11.7 Å². The molecule has 3 amide bonds. The van der Waals surface area contributed by atoms with Crippen molar-refractivity contribution < 1.29 is 18.8 Å². The number of carbonyl (C=O) groups is 3. The van der Waals surface area contributed by atoms with Crippen molar-refractivity contribution in [3.63, 3.8) is 0 Å². The molecular formula is C21H27FN4O3. The Morgan fingerprint density at radius 3 is 2.83 bits per heavy atom. The average molecular weight is 402 g/mol. The van der Waals surface area contributed by atoms with Crippen LogP contribution >= 0.6 is 0 Å². The number of hydrogen-bond acceptors (Lipinski definition) is 4. The molecule has 1 unspecified atom stereocenters. The number of nitrogens with zero attached hydrogens (tertiary/aromatic N) is 3. The third-order valence-electron chi connectivity index (χ3n) is 6.43. The van der Waals surface area contributed by atoms with Crippen LogP contribution in [-0.4, -0.2) is 70.2 Å². The molecule has 8 heteroatoms. The van der Waals surface area contributed by atoms with E-state index < -0.39 is 11.9 Å². The second-order valence-corrected chi connectivity index (χ2v) is 8.45.